The van der Waals surface area contributed by atoms with Crippen LogP contribution in [0.25, 0.3) is 0 Å². The van der Waals surface area contributed by atoms with Crippen molar-refractivity contribution in [1.29, 1.82) is 0 Å². The molecule has 0 aliphatic carbocycles. The second kappa shape index (κ2) is 12.0. The number of phenolic OH excluding ortho intramolecular Hbond substituents is 1. The van der Waals surface area contributed by atoms with E-state index < -0.39 is 23.7 Å². The van der Waals surface area contributed by atoms with Crippen molar-refractivity contribution in [3.05, 3.63) is 58.6 Å². The van der Waals surface area contributed by atoms with E-state index in [0.29, 0.717) is 12.4 Å². The van der Waals surface area contributed by atoms with Crippen LogP contribution in [0.3, 0.4) is 0 Å². The minimum absolute atomic E-state index is 0.0473. The number of amides is 1. The predicted octanol–water partition coefficient (Wildman–Crippen LogP) is 2.94. The molecule has 0 radical (unpaired) electrons. The molecule has 0 saturated heterocycles. The molecule has 2 rings (SSSR count). The van der Waals surface area contributed by atoms with Gasteiger partial charge in [-0.3, -0.25) is 4.79 Å². The van der Waals surface area contributed by atoms with Crippen molar-refractivity contribution >= 4 is 23.5 Å². The Morgan fingerprint density at radius 2 is 1.87 bits per heavy atom. The van der Waals surface area contributed by atoms with Gasteiger partial charge in [0.05, 0.1) is 19.3 Å². The van der Waals surface area contributed by atoms with Crippen molar-refractivity contribution in [2.45, 2.75) is 25.3 Å². The number of aromatic hydroxyl groups is 1. The van der Waals surface area contributed by atoms with Gasteiger partial charge in [0.15, 0.2) is 5.75 Å². The summed E-state index contributed by atoms with van der Waals surface area (Å²) in [6, 6.07) is 11.3. The number of halogens is 1. The van der Waals surface area contributed by atoms with Crippen molar-refractivity contribution in [2.24, 2.45) is 0 Å². The lowest BCUT2D eigenvalue weighted by Crippen LogP contribution is -2.43. The van der Waals surface area contributed by atoms with Crippen molar-refractivity contribution in [2.75, 3.05) is 27.3 Å². The molecule has 0 unspecified atom stereocenters. The number of hydrogen-bond donors (Lipinski definition) is 3. The number of unbranched alkanes of at least 4 members (excludes halogenated alkanes) is 1. The van der Waals surface area contributed by atoms with Crippen LogP contribution in [-0.2, 0) is 16.0 Å². The highest BCUT2D eigenvalue weighted by Gasteiger charge is 2.25. The fourth-order valence-electron chi connectivity index (χ4n) is 2.85. The maximum atomic E-state index is 12.7. The number of hydrogen-bond acceptors (Lipinski definition) is 6. The monoisotopic (exact) mass is 434 g/mol. The van der Waals surface area contributed by atoms with Gasteiger partial charge < -0.3 is 25.2 Å². The average Bonchev–Trinajstić information content (AvgIpc) is 2.76. The summed E-state index contributed by atoms with van der Waals surface area (Å²) in [7, 11) is 3.13. The van der Waals surface area contributed by atoms with Crippen LogP contribution in [-0.4, -0.2) is 50.3 Å². The minimum Gasteiger partial charge on any atom is -0.505 e. The zero-order valence-electron chi connectivity index (χ0n) is 17.1. The fraction of sp³-hybridized carbons (Fsp3) is 0.364. The van der Waals surface area contributed by atoms with Gasteiger partial charge in [-0.1, -0.05) is 41.9 Å². The largest absolute Gasteiger partial charge is 0.505 e. The van der Waals surface area contributed by atoms with Gasteiger partial charge in [0.2, 0.25) is 0 Å². The average molecular weight is 435 g/mol. The third-order valence-electron chi connectivity index (χ3n) is 4.48. The number of esters is 1. The van der Waals surface area contributed by atoms with E-state index in [9.17, 15) is 14.7 Å². The molecule has 0 fully saturated rings. The van der Waals surface area contributed by atoms with Crippen LogP contribution in [0.1, 0.15) is 28.8 Å². The molecule has 2 aromatic rings. The molecule has 7 nitrogen and oxygen atoms in total. The summed E-state index contributed by atoms with van der Waals surface area (Å²) in [5, 5.41) is 16.0. The molecule has 1 amide bonds. The Bertz CT molecular complexity index is 845. The van der Waals surface area contributed by atoms with E-state index >= 15 is 0 Å². The summed E-state index contributed by atoms with van der Waals surface area (Å²) in [6.07, 6.45) is 2.01. The van der Waals surface area contributed by atoms with Gasteiger partial charge >= 0.3 is 5.97 Å². The zero-order valence-corrected chi connectivity index (χ0v) is 17.9. The normalized spacial score (nSPS) is 11.6. The second-order valence-electron chi connectivity index (χ2n) is 6.67. The van der Waals surface area contributed by atoms with Crippen LogP contribution in [0.2, 0.25) is 5.02 Å². The van der Waals surface area contributed by atoms with Crippen molar-refractivity contribution in [3.63, 3.8) is 0 Å². The number of methoxy groups -OCH3 is 1. The van der Waals surface area contributed by atoms with Crippen LogP contribution in [0.4, 0.5) is 0 Å². The van der Waals surface area contributed by atoms with E-state index in [1.165, 1.54) is 19.2 Å². The summed E-state index contributed by atoms with van der Waals surface area (Å²) in [5.41, 5.74) is 0.807. The van der Waals surface area contributed by atoms with Crippen molar-refractivity contribution in [1.82, 2.24) is 10.6 Å². The molecule has 30 heavy (non-hydrogen) atoms. The molecule has 0 saturated carbocycles. The molecule has 0 aromatic heterocycles. The molecule has 0 aliphatic heterocycles. The van der Waals surface area contributed by atoms with Crippen LogP contribution >= 0.6 is 11.6 Å². The Labute approximate surface area is 181 Å². The van der Waals surface area contributed by atoms with E-state index in [-0.39, 0.29) is 17.0 Å². The number of carbonyl (C=O) groups is 2. The van der Waals surface area contributed by atoms with E-state index in [2.05, 4.69) is 10.6 Å². The number of ether oxygens (including phenoxy) is 2. The van der Waals surface area contributed by atoms with E-state index in [4.69, 9.17) is 21.1 Å². The highest BCUT2D eigenvalue weighted by molar-refractivity contribution is 6.34. The number of benzene rings is 2. The third kappa shape index (κ3) is 6.64. The lowest BCUT2D eigenvalue weighted by Gasteiger charge is -2.18. The standard InChI is InChI=1S/C22H27ClN2O5/c1-24-12-6-7-13-30-18-11-10-16(20(26)19(18)23)21(27)25-17(22(28)29-2)14-15-8-4-3-5-9-15/h3-5,8-11,17,24,26H,6-7,12-14H2,1-2H3,(H,25,27)/t17-/m0/s1. The maximum Gasteiger partial charge on any atom is 0.328 e. The Kier molecular flexibility index (Phi) is 9.44. The molecular weight excluding hydrogens is 408 g/mol. The first kappa shape index (κ1) is 23.5. The molecular formula is C22H27ClN2O5. The van der Waals surface area contributed by atoms with Gasteiger partial charge in [0.25, 0.3) is 5.91 Å². The van der Waals surface area contributed by atoms with Gasteiger partial charge in [-0.15, -0.1) is 0 Å². The molecule has 3 N–H and O–H groups in total. The molecule has 2 aromatic carbocycles. The summed E-state index contributed by atoms with van der Waals surface area (Å²) in [5.74, 6) is -1.32. The Morgan fingerprint density at radius 1 is 1.13 bits per heavy atom. The highest BCUT2D eigenvalue weighted by atomic mass is 35.5. The van der Waals surface area contributed by atoms with Gasteiger partial charge in [0.1, 0.15) is 16.8 Å². The van der Waals surface area contributed by atoms with E-state index in [1.54, 1.807) is 0 Å². The highest BCUT2D eigenvalue weighted by Crippen LogP contribution is 2.36. The van der Waals surface area contributed by atoms with Crippen molar-refractivity contribution < 1.29 is 24.2 Å². The van der Waals surface area contributed by atoms with Gasteiger partial charge in [-0.25, -0.2) is 4.79 Å². The van der Waals surface area contributed by atoms with Crippen LogP contribution < -0.4 is 15.4 Å². The lowest BCUT2D eigenvalue weighted by molar-refractivity contribution is -0.142. The number of phenols is 1. The first-order valence-corrected chi connectivity index (χ1v) is 10.1. The van der Waals surface area contributed by atoms with E-state index in [1.807, 2.05) is 37.4 Å². The summed E-state index contributed by atoms with van der Waals surface area (Å²) >= 11 is 6.18. The zero-order chi connectivity index (χ0) is 21.9. The maximum absolute atomic E-state index is 12.7. The van der Waals surface area contributed by atoms with Gasteiger partial charge in [0, 0.05) is 6.42 Å². The fourth-order valence-corrected chi connectivity index (χ4v) is 3.07. The lowest BCUT2D eigenvalue weighted by atomic mass is 10.1. The number of nitrogens with one attached hydrogen (secondary N) is 2. The Balaban J connectivity index is 2.08. The molecule has 0 heterocycles. The second-order valence-corrected chi connectivity index (χ2v) is 7.05. The SMILES string of the molecule is CNCCCCOc1ccc(C(=O)N[C@@H](Cc2ccccc2)C(=O)OC)c(O)c1Cl. The van der Waals surface area contributed by atoms with Crippen molar-refractivity contribution in [3.8, 4) is 11.5 Å². The Hall–Kier alpha value is -2.77. The number of rotatable bonds is 11. The molecule has 8 heteroatoms. The molecule has 162 valence electrons. The minimum atomic E-state index is -0.911. The van der Waals surface area contributed by atoms with Crippen LogP contribution in [0.5, 0.6) is 11.5 Å². The predicted molar refractivity (Wildman–Crippen MR) is 115 cm³/mol. The number of carbonyl (C=O) groups excluding carboxylic acids is 2. The van der Waals surface area contributed by atoms with Crippen LogP contribution in [0, 0.1) is 0 Å². The summed E-state index contributed by atoms with van der Waals surface area (Å²) in [6.45, 7) is 1.32. The van der Waals surface area contributed by atoms with Gasteiger partial charge in [-0.2, -0.15) is 0 Å². The molecule has 0 bridgehead atoms. The first-order chi connectivity index (χ1) is 14.5. The summed E-state index contributed by atoms with van der Waals surface area (Å²) < 4.78 is 10.4. The van der Waals surface area contributed by atoms with E-state index in [0.717, 1.165) is 24.9 Å². The van der Waals surface area contributed by atoms with Gasteiger partial charge in [-0.05, 0) is 44.1 Å². The summed E-state index contributed by atoms with van der Waals surface area (Å²) in [4.78, 5) is 24.8. The molecule has 0 aliphatic rings. The first-order valence-electron chi connectivity index (χ1n) is 9.69. The smallest absolute Gasteiger partial charge is 0.328 e. The topological polar surface area (TPSA) is 96.9 Å². The third-order valence-corrected chi connectivity index (χ3v) is 4.84. The molecule has 1 atom stereocenters. The molecule has 0 spiro atoms. The quantitative estimate of drug-likeness (QED) is 0.371. The Morgan fingerprint density at radius 3 is 2.53 bits per heavy atom. The van der Waals surface area contributed by atoms with Crippen LogP contribution in [0.15, 0.2) is 42.5 Å².